The van der Waals surface area contributed by atoms with Gasteiger partial charge in [-0.25, -0.2) is 0 Å². The van der Waals surface area contributed by atoms with Crippen molar-refractivity contribution in [3.05, 3.63) is 11.6 Å². The molecule has 1 rings (SSSR count). The Hall–Kier alpha value is -1.30. The molecule has 21 heavy (non-hydrogen) atoms. The minimum absolute atomic E-state index is 0. The molecule has 0 aromatic carbocycles. The van der Waals surface area contributed by atoms with Crippen molar-refractivity contribution in [2.45, 2.75) is 53.2 Å². The van der Waals surface area contributed by atoms with Crippen LogP contribution in [0.25, 0.3) is 0 Å². The van der Waals surface area contributed by atoms with Gasteiger partial charge in [0.15, 0.2) is 0 Å². The van der Waals surface area contributed by atoms with Crippen LogP contribution in [0.4, 0.5) is 0 Å². The van der Waals surface area contributed by atoms with Crippen LogP contribution in [0, 0.1) is 0 Å². The monoisotopic (exact) mass is 318 g/mol. The average molecular weight is 318 g/mol. The lowest BCUT2D eigenvalue weighted by molar-refractivity contribution is -0.137. The van der Waals surface area contributed by atoms with Crippen LogP contribution in [-0.2, 0) is 14.4 Å². The minimum atomic E-state index is -0.345. The standard InChI is InChI=1S/C11H16N2O3S.2C2H6.H2/c1-7-5-10(15)13(11(7)16)4-3-9(14)12-6-8(2)17;2*1-2;/h5,8,17H,3-4,6H2,1-2H3,(H,12,14);2*1-2H3;1H. The van der Waals surface area contributed by atoms with Crippen molar-refractivity contribution in [3.63, 3.8) is 0 Å². The van der Waals surface area contributed by atoms with Gasteiger partial charge in [0.1, 0.15) is 0 Å². The van der Waals surface area contributed by atoms with Crippen LogP contribution >= 0.6 is 12.6 Å². The molecule has 0 bridgehead atoms. The molecule has 0 saturated carbocycles. The van der Waals surface area contributed by atoms with Crippen molar-refractivity contribution < 1.29 is 15.8 Å². The van der Waals surface area contributed by atoms with Gasteiger partial charge in [-0.3, -0.25) is 19.3 Å². The van der Waals surface area contributed by atoms with Gasteiger partial charge < -0.3 is 5.32 Å². The lowest BCUT2D eigenvalue weighted by Crippen LogP contribution is -2.36. The third-order valence-corrected chi connectivity index (χ3v) is 2.53. The lowest BCUT2D eigenvalue weighted by atomic mass is 10.3. The van der Waals surface area contributed by atoms with Crippen molar-refractivity contribution in [3.8, 4) is 0 Å². The maximum Gasteiger partial charge on any atom is 0.256 e. The van der Waals surface area contributed by atoms with Crippen LogP contribution in [0.5, 0.6) is 0 Å². The Balaban J connectivity index is -0.000000665. The van der Waals surface area contributed by atoms with E-state index in [0.29, 0.717) is 12.1 Å². The highest BCUT2D eigenvalue weighted by Crippen LogP contribution is 2.11. The van der Waals surface area contributed by atoms with E-state index in [4.69, 9.17) is 0 Å². The summed E-state index contributed by atoms with van der Waals surface area (Å²) in [5.74, 6) is -0.843. The van der Waals surface area contributed by atoms with E-state index in [0.717, 1.165) is 4.90 Å². The predicted molar refractivity (Wildman–Crippen MR) is 91.4 cm³/mol. The van der Waals surface area contributed by atoms with E-state index in [1.807, 2.05) is 34.6 Å². The summed E-state index contributed by atoms with van der Waals surface area (Å²) < 4.78 is 0. The first-order valence-electron chi connectivity index (χ1n) is 7.40. The number of thiol groups is 1. The number of nitrogens with one attached hydrogen (secondary N) is 1. The Morgan fingerprint density at radius 3 is 2.24 bits per heavy atom. The van der Waals surface area contributed by atoms with E-state index in [9.17, 15) is 14.4 Å². The zero-order chi connectivity index (χ0) is 17.0. The summed E-state index contributed by atoms with van der Waals surface area (Å²) in [5, 5.41) is 2.75. The molecule has 0 aromatic rings. The zero-order valence-electron chi connectivity index (χ0n) is 13.9. The molecule has 5 nitrogen and oxygen atoms in total. The number of carbonyl (C=O) groups is 3. The molecule has 1 unspecified atom stereocenters. The summed E-state index contributed by atoms with van der Waals surface area (Å²) in [7, 11) is 0. The normalized spacial score (nSPS) is 14.4. The first-order valence-corrected chi connectivity index (χ1v) is 7.92. The first kappa shape index (κ1) is 22.0. The molecule has 6 heteroatoms. The van der Waals surface area contributed by atoms with Gasteiger partial charge in [-0.05, 0) is 6.92 Å². The van der Waals surface area contributed by atoms with Crippen LogP contribution in [-0.4, -0.2) is 41.0 Å². The van der Waals surface area contributed by atoms with Crippen LogP contribution in [0.2, 0.25) is 0 Å². The van der Waals surface area contributed by atoms with E-state index >= 15 is 0 Å². The van der Waals surface area contributed by atoms with Crippen molar-refractivity contribution in [2.75, 3.05) is 13.1 Å². The molecule has 1 heterocycles. The number of rotatable bonds is 5. The van der Waals surface area contributed by atoms with Crippen LogP contribution in [0.3, 0.4) is 0 Å². The number of nitrogens with zero attached hydrogens (tertiary/aromatic N) is 1. The van der Waals surface area contributed by atoms with Gasteiger partial charge in [0.05, 0.1) is 0 Å². The number of hydrogen-bond donors (Lipinski definition) is 2. The van der Waals surface area contributed by atoms with Gasteiger partial charge in [0, 0.05) is 37.8 Å². The van der Waals surface area contributed by atoms with E-state index in [1.54, 1.807) is 6.92 Å². The number of hydrogen-bond acceptors (Lipinski definition) is 4. The summed E-state index contributed by atoms with van der Waals surface area (Å²) in [4.78, 5) is 35.3. The molecular weight excluding hydrogens is 288 g/mol. The molecule has 0 saturated heterocycles. The van der Waals surface area contributed by atoms with Crippen molar-refractivity contribution in [1.82, 2.24) is 10.2 Å². The fourth-order valence-electron chi connectivity index (χ4n) is 1.41. The highest BCUT2D eigenvalue weighted by molar-refractivity contribution is 7.80. The highest BCUT2D eigenvalue weighted by atomic mass is 32.1. The van der Waals surface area contributed by atoms with E-state index in [2.05, 4.69) is 17.9 Å². The van der Waals surface area contributed by atoms with Crippen molar-refractivity contribution in [2.24, 2.45) is 0 Å². The Morgan fingerprint density at radius 1 is 1.33 bits per heavy atom. The predicted octanol–water partition coefficient (Wildman–Crippen LogP) is 2.42. The Morgan fingerprint density at radius 2 is 1.86 bits per heavy atom. The minimum Gasteiger partial charge on any atom is -0.355 e. The summed E-state index contributed by atoms with van der Waals surface area (Å²) in [6.45, 7) is 12.0. The topological polar surface area (TPSA) is 66.5 Å². The van der Waals surface area contributed by atoms with E-state index in [1.165, 1.54) is 6.08 Å². The molecule has 1 atom stereocenters. The number of amides is 3. The van der Waals surface area contributed by atoms with Crippen LogP contribution in [0.1, 0.15) is 49.4 Å². The molecule has 1 aliphatic heterocycles. The maximum absolute atomic E-state index is 11.5. The number of imide groups is 1. The van der Waals surface area contributed by atoms with E-state index < -0.39 is 0 Å². The third kappa shape index (κ3) is 8.55. The molecule has 1 N–H and O–H groups in total. The second-order valence-corrected chi connectivity index (χ2v) is 4.91. The van der Waals surface area contributed by atoms with Crippen molar-refractivity contribution >= 4 is 30.4 Å². The molecule has 0 spiro atoms. The number of carbonyl (C=O) groups excluding carboxylic acids is 3. The van der Waals surface area contributed by atoms with Gasteiger partial charge in [0.2, 0.25) is 5.91 Å². The van der Waals surface area contributed by atoms with Gasteiger partial charge >= 0.3 is 0 Å². The summed E-state index contributed by atoms with van der Waals surface area (Å²) >= 11 is 4.13. The molecule has 0 fully saturated rings. The van der Waals surface area contributed by atoms with Crippen molar-refractivity contribution in [1.29, 1.82) is 0 Å². The Bertz CT molecular complexity index is 385. The zero-order valence-corrected chi connectivity index (χ0v) is 14.8. The smallest absolute Gasteiger partial charge is 0.256 e. The molecule has 0 aromatic heterocycles. The van der Waals surface area contributed by atoms with Gasteiger partial charge in [-0.15, -0.1) is 0 Å². The second kappa shape index (κ2) is 12.4. The first-order chi connectivity index (χ1) is 9.91. The SMILES string of the molecule is CC.CC.CC1=CC(=O)N(CCC(=O)NCC(C)S)C1=O.[HH]. The van der Waals surface area contributed by atoms with Gasteiger partial charge in [-0.2, -0.15) is 12.6 Å². The molecule has 0 radical (unpaired) electrons. The summed E-state index contributed by atoms with van der Waals surface area (Å²) in [6.07, 6.45) is 1.41. The summed E-state index contributed by atoms with van der Waals surface area (Å²) in [5.41, 5.74) is 0.416. The highest BCUT2D eigenvalue weighted by Gasteiger charge is 2.28. The maximum atomic E-state index is 11.5. The fraction of sp³-hybridized carbons (Fsp3) is 0.667. The second-order valence-electron chi connectivity index (χ2n) is 4.03. The Kier molecular flexibility index (Phi) is 13.0. The molecule has 124 valence electrons. The Labute approximate surface area is 135 Å². The molecule has 3 amide bonds. The molecule has 0 aliphatic carbocycles. The van der Waals surface area contributed by atoms with Crippen LogP contribution < -0.4 is 5.32 Å². The van der Waals surface area contributed by atoms with Gasteiger partial charge in [-0.1, -0.05) is 34.6 Å². The molecule has 1 aliphatic rings. The largest absolute Gasteiger partial charge is 0.355 e. The van der Waals surface area contributed by atoms with E-state index in [-0.39, 0.29) is 37.4 Å². The summed E-state index contributed by atoms with van der Waals surface area (Å²) in [6, 6.07) is 0. The average Bonchev–Trinajstić information content (AvgIpc) is 2.72. The fourth-order valence-corrected chi connectivity index (χ4v) is 1.50. The lowest BCUT2D eigenvalue weighted by Gasteiger charge is -2.14. The van der Waals surface area contributed by atoms with Crippen LogP contribution in [0.15, 0.2) is 11.6 Å². The quantitative estimate of drug-likeness (QED) is 0.604. The third-order valence-electron chi connectivity index (χ3n) is 2.35. The molecular formula is C15H30N2O3S. The van der Waals surface area contributed by atoms with Gasteiger partial charge in [0.25, 0.3) is 11.8 Å².